The Kier molecular flexibility index (Phi) is 4.38. The quantitative estimate of drug-likeness (QED) is 0.751. The molecule has 2 aliphatic rings. The molecule has 0 atom stereocenters. The average molecular weight is 272 g/mol. The second-order valence-electron chi connectivity index (χ2n) is 7.29. The van der Waals surface area contributed by atoms with Gasteiger partial charge in [0, 0.05) is 18.3 Å². The summed E-state index contributed by atoms with van der Waals surface area (Å²) in [6.07, 6.45) is 14.9. The minimum Gasteiger partial charge on any atom is -0.241 e. The lowest BCUT2D eigenvalue weighted by atomic mass is 9.80. The normalized spacial score (nSPS) is 34.9. The first-order chi connectivity index (χ1) is 9.72. The zero-order valence-corrected chi connectivity index (χ0v) is 13.0. The molecule has 1 aromatic heterocycles. The summed E-state index contributed by atoms with van der Waals surface area (Å²) in [7, 11) is 0. The SMILES string of the molecule is CC1CCC(c2cnc(C3CCC(C)CC3)nc2)CC1. The van der Waals surface area contributed by atoms with Gasteiger partial charge in [-0.25, -0.2) is 9.97 Å². The number of aromatic nitrogens is 2. The van der Waals surface area contributed by atoms with Crippen molar-refractivity contribution in [3.8, 4) is 0 Å². The Bertz CT molecular complexity index is 369. The molecular formula is C18H28N2. The molecule has 1 aromatic rings. The van der Waals surface area contributed by atoms with E-state index in [9.17, 15) is 0 Å². The van der Waals surface area contributed by atoms with Crippen LogP contribution in [0.15, 0.2) is 12.4 Å². The zero-order valence-electron chi connectivity index (χ0n) is 13.0. The monoisotopic (exact) mass is 272 g/mol. The van der Waals surface area contributed by atoms with E-state index in [1.54, 1.807) is 0 Å². The van der Waals surface area contributed by atoms with Crippen molar-refractivity contribution in [3.63, 3.8) is 0 Å². The fourth-order valence-corrected chi connectivity index (χ4v) is 3.88. The Morgan fingerprint density at radius 2 is 1.15 bits per heavy atom. The second kappa shape index (κ2) is 6.24. The van der Waals surface area contributed by atoms with Gasteiger partial charge in [0.05, 0.1) is 0 Å². The summed E-state index contributed by atoms with van der Waals surface area (Å²) in [5, 5.41) is 0. The standard InChI is InChI=1S/C18H28N2/c1-13-3-7-15(8-4-13)17-11-19-18(20-12-17)16-9-5-14(2)6-10-16/h11-16H,3-10H2,1-2H3. The van der Waals surface area contributed by atoms with E-state index in [4.69, 9.17) is 9.97 Å². The van der Waals surface area contributed by atoms with Crippen molar-refractivity contribution in [1.82, 2.24) is 9.97 Å². The van der Waals surface area contributed by atoms with Gasteiger partial charge in [-0.3, -0.25) is 0 Å². The van der Waals surface area contributed by atoms with Crippen molar-refractivity contribution in [2.24, 2.45) is 11.8 Å². The Morgan fingerprint density at radius 1 is 0.700 bits per heavy atom. The molecule has 2 aliphatic carbocycles. The van der Waals surface area contributed by atoms with Crippen LogP contribution in [-0.2, 0) is 0 Å². The molecule has 20 heavy (non-hydrogen) atoms. The van der Waals surface area contributed by atoms with Gasteiger partial charge < -0.3 is 0 Å². The van der Waals surface area contributed by atoms with Crippen molar-refractivity contribution in [1.29, 1.82) is 0 Å². The van der Waals surface area contributed by atoms with Gasteiger partial charge in [-0.05, 0) is 49.0 Å². The van der Waals surface area contributed by atoms with E-state index in [-0.39, 0.29) is 0 Å². The highest BCUT2D eigenvalue weighted by Gasteiger charge is 2.23. The largest absolute Gasteiger partial charge is 0.241 e. The maximum absolute atomic E-state index is 4.71. The molecule has 110 valence electrons. The highest BCUT2D eigenvalue weighted by molar-refractivity contribution is 5.14. The van der Waals surface area contributed by atoms with Gasteiger partial charge in [0.2, 0.25) is 0 Å². The first kappa shape index (κ1) is 14.0. The lowest BCUT2D eigenvalue weighted by molar-refractivity contribution is 0.337. The maximum Gasteiger partial charge on any atom is 0.131 e. The summed E-state index contributed by atoms with van der Waals surface area (Å²) >= 11 is 0. The first-order valence-corrected chi connectivity index (χ1v) is 8.54. The third-order valence-corrected chi connectivity index (χ3v) is 5.56. The van der Waals surface area contributed by atoms with E-state index in [0.29, 0.717) is 11.8 Å². The van der Waals surface area contributed by atoms with Gasteiger partial charge in [-0.15, -0.1) is 0 Å². The first-order valence-electron chi connectivity index (χ1n) is 8.54. The molecule has 2 fully saturated rings. The van der Waals surface area contributed by atoms with E-state index < -0.39 is 0 Å². The summed E-state index contributed by atoms with van der Waals surface area (Å²) in [6, 6.07) is 0. The van der Waals surface area contributed by atoms with Gasteiger partial charge >= 0.3 is 0 Å². The van der Waals surface area contributed by atoms with Gasteiger partial charge in [0.1, 0.15) is 5.82 Å². The highest BCUT2D eigenvalue weighted by Crippen LogP contribution is 2.36. The van der Waals surface area contributed by atoms with Crippen molar-refractivity contribution in [2.45, 2.75) is 77.0 Å². The van der Waals surface area contributed by atoms with Crippen LogP contribution in [0.1, 0.15) is 88.4 Å². The van der Waals surface area contributed by atoms with Crippen LogP contribution in [0.3, 0.4) is 0 Å². The van der Waals surface area contributed by atoms with Crippen molar-refractivity contribution in [2.75, 3.05) is 0 Å². The van der Waals surface area contributed by atoms with Gasteiger partial charge in [-0.2, -0.15) is 0 Å². The molecule has 1 heterocycles. The van der Waals surface area contributed by atoms with Crippen LogP contribution >= 0.6 is 0 Å². The number of hydrogen-bond donors (Lipinski definition) is 0. The maximum atomic E-state index is 4.71. The van der Waals surface area contributed by atoms with Crippen LogP contribution < -0.4 is 0 Å². The third-order valence-electron chi connectivity index (χ3n) is 5.56. The Balaban J connectivity index is 1.62. The van der Waals surface area contributed by atoms with Crippen LogP contribution in [0.2, 0.25) is 0 Å². The van der Waals surface area contributed by atoms with Crippen LogP contribution in [-0.4, -0.2) is 9.97 Å². The van der Waals surface area contributed by atoms with E-state index in [0.717, 1.165) is 17.7 Å². The molecule has 0 unspecified atom stereocenters. The molecule has 0 N–H and O–H groups in total. The molecule has 2 nitrogen and oxygen atoms in total. The molecule has 0 aromatic carbocycles. The third kappa shape index (κ3) is 3.21. The fourth-order valence-electron chi connectivity index (χ4n) is 3.88. The molecule has 2 saturated carbocycles. The molecule has 0 radical (unpaired) electrons. The summed E-state index contributed by atoms with van der Waals surface area (Å²) < 4.78 is 0. The Labute approximate surface area is 123 Å². The molecule has 0 amide bonds. The Hall–Kier alpha value is -0.920. The summed E-state index contributed by atoms with van der Waals surface area (Å²) in [5.41, 5.74) is 1.38. The van der Waals surface area contributed by atoms with E-state index in [2.05, 4.69) is 26.2 Å². The molecule has 0 saturated heterocycles. The zero-order chi connectivity index (χ0) is 13.9. The van der Waals surface area contributed by atoms with Gasteiger partial charge in [0.25, 0.3) is 0 Å². The smallest absolute Gasteiger partial charge is 0.131 e. The second-order valence-corrected chi connectivity index (χ2v) is 7.29. The summed E-state index contributed by atoms with van der Waals surface area (Å²) in [5.74, 6) is 4.24. The van der Waals surface area contributed by atoms with E-state index in [1.807, 2.05) is 0 Å². The molecule has 0 bridgehead atoms. The van der Waals surface area contributed by atoms with Crippen LogP contribution in [0.25, 0.3) is 0 Å². The summed E-state index contributed by atoms with van der Waals surface area (Å²) in [6.45, 7) is 4.74. The number of rotatable bonds is 2. The molecular weight excluding hydrogens is 244 g/mol. The highest BCUT2D eigenvalue weighted by atomic mass is 14.9. The van der Waals surface area contributed by atoms with Crippen LogP contribution in [0.4, 0.5) is 0 Å². The van der Waals surface area contributed by atoms with Gasteiger partial charge in [0.15, 0.2) is 0 Å². The fraction of sp³-hybridized carbons (Fsp3) is 0.778. The minimum atomic E-state index is 0.617. The van der Waals surface area contributed by atoms with Gasteiger partial charge in [-0.1, -0.05) is 39.5 Å². The molecule has 3 rings (SSSR count). The average Bonchev–Trinajstić information content (AvgIpc) is 2.49. The molecule has 0 aliphatic heterocycles. The number of hydrogen-bond acceptors (Lipinski definition) is 2. The van der Waals surface area contributed by atoms with Crippen LogP contribution in [0, 0.1) is 11.8 Å². The lowest BCUT2D eigenvalue weighted by Crippen LogP contribution is -2.15. The number of nitrogens with zero attached hydrogens (tertiary/aromatic N) is 2. The van der Waals surface area contributed by atoms with E-state index >= 15 is 0 Å². The lowest BCUT2D eigenvalue weighted by Gasteiger charge is -2.27. The van der Waals surface area contributed by atoms with E-state index in [1.165, 1.54) is 56.9 Å². The van der Waals surface area contributed by atoms with Crippen molar-refractivity contribution in [3.05, 3.63) is 23.8 Å². The van der Waals surface area contributed by atoms with Crippen molar-refractivity contribution >= 4 is 0 Å². The molecule has 2 heteroatoms. The topological polar surface area (TPSA) is 25.8 Å². The predicted molar refractivity (Wildman–Crippen MR) is 82.8 cm³/mol. The minimum absolute atomic E-state index is 0.617. The predicted octanol–water partition coefficient (Wildman–Crippen LogP) is 5.06. The summed E-state index contributed by atoms with van der Waals surface area (Å²) in [4.78, 5) is 9.42. The molecule has 0 spiro atoms. The Morgan fingerprint density at radius 3 is 1.65 bits per heavy atom. The van der Waals surface area contributed by atoms with Crippen molar-refractivity contribution < 1.29 is 0 Å². The van der Waals surface area contributed by atoms with Crippen LogP contribution in [0.5, 0.6) is 0 Å².